The van der Waals surface area contributed by atoms with Crippen molar-refractivity contribution >= 4 is 32.5 Å². The van der Waals surface area contributed by atoms with Gasteiger partial charge in [0.15, 0.2) is 0 Å². The number of ether oxygens (including phenoxy) is 1. The molecule has 2 atom stereocenters. The summed E-state index contributed by atoms with van der Waals surface area (Å²) in [4.78, 5) is 23.8. The summed E-state index contributed by atoms with van der Waals surface area (Å²) in [6.07, 6.45) is 13.6. The van der Waals surface area contributed by atoms with Gasteiger partial charge in [-0.3, -0.25) is 9.59 Å². The number of nitrogens with two attached hydrogens (primary N) is 2. The molecule has 11 heteroatoms. The number of benzene rings is 3. The maximum atomic E-state index is 12.2. The maximum Gasteiger partial charge on any atom is 0.243 e. The number of hydrogen-bond donors (Lipinski definition) is 4. The predicted octanol–water partition coefficient (Wildman–Crippen LogP) is 4.24. The lowest BCUT2D eigenvalue weighted by Gasteiger charge is -2.23. The van der Waals surface area contributed by atoms with Crippen molar-refractivity contribution in [1.82, 2.24) is 9.91 Å². The number of nitrogens with zero attached hydrogens (tertiary/aromatic N) is 2. The van der Waals surface area contributed by atoms with Gasteiger partial charge in [0, 0.05) is 36.7 Å². The zero-order chi connectivity index (χ0) is 31.5. The summed E-state index contributed by atoms with van der Waals surface area (Å²) in [5.74, 6) is 6.71. The number of hydrazine groups is 1. The fourth-order valence-electron chi connectivity index (χ4n) is 3.66. The first-order valence-corrected chi connectivity index (χ1v) is 13.5. The minimum Gasteiger partial charge on any atom is -0.508 e. The van der Waals surface area contributed by atoms with Crippen LogP contribution in [0, 0.1) is 25.6 Å². The van der Waals surface area contributed by atoms with Gasteiger partial charge in [0.2, 0.25) is 12.3 Å². The van der Waals surface area contributed by atoms with Crippen LogP contribution in [0.25, 0.3) is 0 Å². The minimum absolute atomic E-state index is 0.00926. The molecule has 0 spiro atoms. The number of rotatable bonds is 7. The normalized spacial score (nSPS) is 13.3. The molecule has 0 bridgehead atoms. The van der Waals surface area contributed by atoms with Crippen LogP contribution in [-0.4, -0.2) is 46.5 Å². The summed E-state index contributed by atoms with van der Waals surface area (Å²) < 4.78 is 17.8. The first-order valence-electron chi connectivity index (χ1n) is 12.9. The zero-order valence-corrected chi connectivity index (χ0v) is 25.0. The molecule has 1 fully saturated rings. The molecule has 42 heavy (non-hydrogen) atoms. The van der Waals surface area contributed by atoms with E-state index in [2.05, 4.69) is 34.3 Å². The topological polar surface area (TPSA) is 134 Å². The molecule has 0 aliphatic carbocycles. The van der Waals surface area contributed by atoms with Crippen molar-refractivity contribution in [3.05, 3.63) is 90.5 Å². The quantitative estimate of drug-likeness (QED) is 0.106. The average molecular weight is 596 g/mol. The number of phenols is 1. The second-order valence-corrected chi connectivity index (χ2v) is 9.65. The number of aromatic hydroxyl groups is 1. The van der Waals surface area contributed by atoms with Crippen molar-refractivity contribution in [3.63, 3.8) is 0 Å². The van der Waals surface area contributed by atoms with E-state index >= 15 is 0 Å². The van der Waals surface area contributed by atoms with E-state index < -0.39 is 5.82 Å². The van der Waals surface area contributed by atoms with E-state index in [0.29, 0.717) is 18.0 Å². The molecule has 1 aliphatic heterocycles. The summed E-state index contributed by atoms with van der Waals surface area (Å²) >= 11 is 0. The molecule has 1 saturated heterocycles. The highest BCUT2D eigenvalue weighted by Gasteiger charge is 2.25. The van der Waals surface area contributed by atoms with Gasteiger partial charge < -0.3 is 30.8 Å². The first kappa shape index (κ1) is 35.4. The van der Waals surface area contributed by atoms with Crippen LogP contribution in [0.2, 0.25) is 0 Å². The third-order valence-corrected chi connectivity index (χ3v) is 6.22. The zero-order valence-electron chi connectivity index (χ0n) is 23.8. The molecule has 3 aromatic carbocycles. The van der Waals surface area contributed by atoms with Gasteiger partial charge in [-0.05, 0) is 80.0 Å². The Bertz CT molecular complexity index is 1290. The van der Waals surface area contributed by atoms with Gasteiger partial charge in [-0.2, -0.15) is 0 Å². The van der Waals surface area contributed by atoms with Crippen molar-refractivity contribution < 1.29 is 23.8 Å². The molecule has 6 N–H and O–H groups in total. The lowest BCUT2D eigenvalue weighted by molar-refractivity contribution is -0.132. The van der Waals surface area contributed by atoms with Crippen molar-refractivity contribution in [2.45, 2.75) is 32.7 Å². The van der Waals surface area contributed by atoms with Crippen LogP contribution in [0.3, 0.4) is 0 Å². The van der Waals surface area contributed by atoms with Crippen LogP contribution in [0.4, 0.5) is 10.1 Å². The van der Waals surface area contributed by atoms with Crippen LogP contribution in [0.15, 0.2) is 79.1 Å². The summed E-state index contributed by atoms with van der Waals surface area (Å²) in [7, 11) is 2.62. The molecule has 9 nitrogen and oxygen atoms in total. The van der Waals surface area contributed by atoms with Gasteiger partial charge in [-0.15, -0.1) is 22.1 Å². The molecular weight excluding hydrogens is 556 g/mol. The number of aryl methyl sites for hydroxylation is 1. The molecule has 1 heterocycles. The lowest BCUT2D eigenvalue weighted by Crippen LogP contribution is -2.42. The van der Waals surface area contributed by atoms with Crippen molar-refractivity contribution in [1.29, 1.82) is 0 Å². The molecule has 0 saturated carbocycles. The van der Waals surface area contributed by atoms with E-state index in [4.69, 9.17) is 21.4 Å². The standard InChI is InChI=1S/C13H12NO2P.C9H18N4O.C7H7FO.C2H2/c15-9-14-10-1-3-11(4-2-10)16-12-5-7-13(17)8-6-12;1-8-3-2-5-13(8)9(14)7-12(11)6-4-10;1-5-2-3-6(8)4-7(5)9;1-2/h1-9H,17H2,(H,14,15);4,6,8H,2-3,5,7,10-11H2,1H3;2-4,9H,1H3;1-2H/b;6-4-;;. The Morgan fingerprint density at radius 1 is 1.17 bits per heavy atom. The van der Waals surface area contributed by atoms with Gasteiger partial charge in [-0.25, -0.2) is 10.2 Å². The van der Waals surface area contributed by atoms with E-state index in [1.54, 1.807) is 31.2 Å². The van der Waals surface area contributed by atoms with E-state index in [1.807, 2.05) is 29.2 Å². The third-order valence-electron chi connectivity index (χ3n) is 5.84. The molecular formula is C31H39FN5O4P. The number of amides is 2. The molecule has 2 amide bonds. The number of halogens is 1. The second-order valence-electron chi connectivity index (χ2n) is 8.98. The van der Waals surface area contributed by atoms with E-state index in [9.17, 15) is 14.0 Å². The monoisotopic (exact) mass is 595 g/mol. The third kappa shape index (κ3) is 13.2. The largest absolute Gasteiger partial charge is 0.508 e. The maximum absolute atomic E-state index is 12.2. The van der Waals surface area contributed by atoms with Gasteiger partial charge in [0.1, 0.15) is 29.6 Å². The molecule has 1 aliphatic rings. The van der Waals surface area contributed by atoms with Crippen molar-refractivity contribution in [2.75, 3.05) is 18.4 Å². The molecule has 3 aromatic rings. The van der Waals surface area contributed by atoms with E-state index in [1.165, 1.54) is 29.5 Å². The Hall–Kier alpha value is -4.58. The molecule has 2 unspecified atom stereocenters. The summed E-state index contributed by atoms with van der Waals surface area (Å²) in [5.41, 5.74) is 6.59. The van der Waals surface area contributed by atoms with E-state index in [0.717, 1.165) is 47.9 Å². The number of terminal acetylenes is 1. The number of likely N-dealkylation sites (tertiary alicyclic amines) is 1. The van der Waals surface area contributed by atoms with E-state index in [-0.39, 0.29) is 18.2 Å². The number of anilines is 1. The molecule has 4 rings (SSSR count). The lowest BCUT2D eigenvalue weighted by atomic mass is 10.2. The number of carbonyl (C=O) groups excluding carboxylic acids is 2. The fraction of sp³-hybridized carbons (Fsp3) is 0.226. The predicted molar refractivity (Wildman–Crippen MR) is 169 cm³/mol. The Balaban J connectivity index is 0.000000319. The Morgan fingerprint density at radius 2 is 1.76 bits per heavy atom. The second kappa shape index (κ2) is 19.5. The Labute approximate surface area is 249 Å². The number of phenolic OH excluding ortho intramolecular Hbond substituents is 1. The highest BCUT2D eigenvalue weighted by atomic mass is 31.0. The smallest absolute Gasteiger partial charge is 0.243 e. The summed E-state index contributed by atoms with van der Waals surface area (Å²) in [5, 5.41) is 13.8. The van der Waals surface area contributed by atoms with Crippen molar-refractivity contribution in [2.24, 2.45) is 11.6 Å². The Morgan fingerprint density at radius 3 is 2.24 bits per heavy atom. The molecule has 0 radical (unpaired) electrons. The van der Waals surface area contributed by atoms with Gasteiger partial charge >= 0.3 is 0 Å². The van der Waals surface area contributed by atoms with Crippen LogP contribution >= 0.6 is 9.24 Å². The SMILES string of the molecule is C#C.CC1CCCN1C(=O)CN(N)/C=C\N.Cc1ccc(F)cc1O.O=CNc1ccc(Oc2ccc(P)cc2)cc1. The van der Waals surface area contributed by atoms with Crippen LogP contribution in [-0.2, 0) is 9.59 Å². The van der Waals surface area contributed by atoms with Crippen LogP contribution in [0.5, 0.6) is 17.2 Å². The van der Waals surface area contributed by atoms with Crippen molar-refractivity contribution in [3.8, 4) is 30.1 Å². The highest BCUT2D eigenvalue weighted by molar-refractivity contribution is 7.27. The van der Waals surface area contributed by atoms with Gasteiger partial charge in [0.05, 0.1) is 0 Å². The first-order chi connectivity index (χ1) is 20.1. The molecule has 0 aromatic heterocycles. The van der Waals surface area contributed by atoms with Crippen LogP contribution in [0.1, 0.15) is 25.3 Å². The molecule has 224 valence electrons. The van der Waals surface area contributed by atoms with Gasteiger partial charge in [-0.1, -0.05) is 18.2 Å². The summed E-state index contributed by atoms with van der Waals surface area (Å²) in [6, 6.07) is 19.2. The fourth-order valence-corrected chi connectivity index (χ4v) is 3.85. The number of carbonyl (C=O) groups is 2. The Kier molecular flexibility index (Phi) is 16.4. The average Bonchev–Trinajstić information content (AvgIpc) is 3.41. The van der Waals surface area contributed by atoms with Crippen LogP contribution < -0.4 is 26.9 Å². The minimum atomic E-state index is -0.405. The number of hydrogen-bond acceptors (Lipinski definition) is 7. The number of nitrogens with one attached hydrogen (secondary N) is 1. The highest BCUT2D eigenvalue weighted by Crippen LogP contribution is 2.22. The summed E-state index contributed by atoms with van der Waals surface area (Å²) in [6.45, 7) is 4.82. The van der Waals surface area contributed by atoms with Gasteiger partial charge in [0.25, 0.3) is 0 Å².